The molecule has 0 bridgehead atoms. The van der Waals surface area contributed by atoms with Gasteiger partial charge in [-0.05, 0) is 53.4 Å². The Morgan fingerprint density at radius 3 is 2.70 bits per heavy atom. The Kier molecular flexibility index (Phi) is 5.16. The lowest BCUT2D eigenvalue weighted by atomic mass is 10.1. The molecule has 2 heterocycles. The molecule has 1 aliphatic heterocycles. The molecule has 4 nitrogen and oxygen atoms in total. The normalized spacial score (nSPS) is 17.3. The van der Waals surface area contributed by atoms with Crippen LogP contribution in [0.2, 0.25) is 0 Å². The summed E-state index contributed by atoms with van der Waals surface area (Å²) >= 11 is 0. The van der Waals surface area contributed by atoms with E-state index >= 15 is 0 Å². The van der Waals surface area contributed by atoms with Crippen molar-refractivity contribution in [1.82, 2.24) is 15.2 Å². The van der Waals surface area contributed by atoms with Crippen LogP contribution in [0.1, 0.15) is 42.6 Å². The summed E-state index contributed by atoms with van der Waals surface area (Å²) in [4.78, 5) is 18.3. The van der Waals surface area contributed by atoms with E-state index in [0.717, 1.165) is 30.8 Å². The number of nitrogens with zero attached hydrogens (tertiary/aromatic N) is 2. The SMILES string of the molecule is CC(=O)NCc1ccc([C@@H]2CCCN2Cc2ccc3ccccc3c2)nc1. The lowest BCUT2D eigenvalue weighted by Gasteiger charge is -2.24. The highest BCUT2D eigenvalue weighted by atomic mass is 16.1. The molecule has 1 amide bonds. The minimum atomic E-state index is -0.0172. The van der Waals surface area contributed by atoms with Gasteiger partial charge in [0, 0.05) is 26.2 Å². The summed E-state index contributed by atoms with van der Waals surface area (Å²) in [6.45, 7) is 4.12. The van der Waals surface area contributed by atoms with Gasteiger partial charge in [-0.15, -0.1) is 0 Å². The molecule has 3 aromatic rings. The van der Waals surface area contributed by atoms with Gasteiger partial charge in [0.15, 0.2) is 0 Å². The minimum Gasteiger partial charge on any atom is -0.352 e. The third kappa shape index (κ3) is 4.17. The fourth-order valence-corrected chi connectivity index (χ4v) is 3.89. The highest BCUT2D eigenvalue weighted by Gasteiger charge is 2.27. The van der Waals surface area contributed by atoms with E-state index in [1.165, 1.54) is 29.7 Å². The first-order valence-corrected chi connectivity index (χ1v) is 9.60. The second kappa shape index (κ2) is 7.89. The maximum absolute atomic E-state index is 11.1. The van der Waals surface area contributed by atoms with Gasteiger partial charge >= 0.3 is 0 Å². The molecule has 1 atom stereocenters. The zero-order chi connectivity index (χ0) is 18.6. The largest absolute Gasteiger partial charge is 0.352 e. The van der Waals surface area contributed by atoms with Crippen LogP contribution in [0.25, 0.3) is 10.8 Å². The van der Waals surface area contributed by atoms with Crippen molar-refractivity contribution in [2.75, 3.05) is 6.54 Å². The molecule has 4 rings (SSSR count). The summed E-state index contributed by atoms with van der Waals surface area (Å²) in [6, 6.07) is 19.8. The van der Waals surface area contributed by atoms with Gasteiger partial charge in [-0.2, -0.15) is 0 Å². The number of hydrogen-bond acceptors (Lipinski definition) is 3. The van der Waals surface area contributed by atoms with Crippen LogP contribution in [0.3, 0.4) is 0 Å². The molecule has 27 heavy (non-hydrogen) atoms. The first-order valence-electron chi connectivity index (χ1n) is 9.60. The second-order valence-corrected chi connectivity index (χ2v) is 7.31. The van der Waals surface area contributed by atoms with Crippen molar-refractivity contribution < 1.29 is 4.79 Å². The van der Waals surface area contributed by atoms with Crippen molar-refractivity contribution in [3.8, 4) is 0 Å². The standard InChI is InChI=1S/C23H25N3O/c1-17(27)24-14-19-9-11-22(25-15-19)23-7-4-12-26(23)16-18-8-10-20-5-2-3-6-21(20)13-18/h2-3,5-6,8-11,13,15,23H,4,7,12,14,16H2,1H3,(H,24,27)/t23-/m0/s1. The van der Waals surface area contributed by atoms with Crippen molar-refractivity contribution in [3.63, 3.8) is 0 Å². The van der Waals surface area contributed by atoms with Crippen LogP contribution in [-0.2, 0) is 17.9 Å². The van der Waals surface area contributed by atoms with E-state index in [1.54, 1.807) is 0 Å². The molecule has 0 unspecified atom stereocenters. The molecule has 1 fully saturated rings. The van der Waals surface area contributed by atoms with E-state index in [4.69, 9.17) is 0 Å². The van der Waals surface area contributed by atoms with Crippen LogP contribution in [0, 0.1) is 0 Å². The second-order valence-electron chi connectivity index (χ2n) is 7.31. The average molecular weight is 359 g/mol. The number of rotatable bonds is 5. The monoisotopic (exact) mass is 359 g/mol. The van der Waals surface area contributed by atoms with Gasteiger partial charge in [0.2, 0.25) is 5.91 Å². The minimum absolute atomic E-state index is 0.0172. The number of likely N-dealkylation sites (tertiary alicyclic amines) is 1. The Morgan fingerprint density at radius 2 is 1.93 bits per heavy atom. The molecule has 0 saturated carbocycles. The van der Waals surface area contributed by atoms with E-state index in [1.807, 2.05) is 6.20 Å². The summed E-state index contributed by atoms with van der Waals surface area (Å²) in [7, 11) is 0. The fourth-order valence-electron chi connectivity index (χ4n) is 3.89. The summed E-state index contributed by atoms with van der Waals surface area (Å²) in [5, 5.41) is 5.40. The van der Waals surface area contributed by atoms with Crippen molar-refractivity contribution >= 4 is 16.7 Å². The predicted octanol–water partition coefficient (Wildman–Crippen LogP) is 4.21. The number of carbonyl (C=O) groups is 1. The zero-order valence-corrected chi connectivity index (χ0v) is 15.7. The maximum atomic E-state index is 11.1. The van der Waals surface area contributed by atoms with Crippen LogP contribution in [0.5, 0.6) is 0 Å². The number of aromatic nitrogens is 1. The molecule has 0 radical (unpaired) electrons. The molecule has 0 spiro atoms. The molecule has 4 heteroatoms. The Labute approximate surface area is 160 Å². The number of nitrogens with one attached hydrogen (secondary N) is 1. The number of amides is 1. The van der Waals surface area contributed by atoms with Gasteiger partial charge < -0.3 is 5.32 Å². The first kappa shape index (κ1) is 17.7. The third-order valence-electron chi connectivity index (χ3n) is 5.29. The van der Waals surface area contributed by atoms with Gasteiger partial charge in [-0.1, -0.05) is 42.5 Å². The number of hydrogen-bond donors (Lipinski definition) is 1. The number of pyridine rings is 1. The van der Waals surface area contributed by atoms with E-state index in [2.05, 4.69) is 69.8 Å². The Hall–Kier alpha value is -2.72. The third-order valence-corrected chi connectivity index (χ3v) is 5.29. The predicted molar refractivity (Wildman–Crippen MR) is 108 cm³/mol. The average Bonchev–Trinajstić information content (AvgIpc) is 3.15. The lowest BCUT2D eigenvalue weighted by molar-refractivity contribution is -0.119. The summed E-state index contributed by atoms with van der Waals surface area (Å²) in [5.74, 6) is -0.0172. The van der Waals surface area contributed by atoms with E-state index in [9.17, 15) is 4.79 Å². The van der Waals surface area contributed by atoms with Gasteiger partial charge in [-0.3, -0.25) is 14.7 Å². The van der Waals surface area contributed by atoms with E-state index in [-0.39, 0.29) is 5.91 Å². The molecular formula is C23H25N3O. The zero-order valence-electron chi connectivity index (χ0n) is 15.7. The summed E-state index contributed by atoms with van der Waals surface area (Å²) in [5.41, 5.74) is 3.51. The van der Waals surface area contributed by atoms with Crippen LogP contribution in [-0.4, -0.2) is 22.3 Å². The van der Waals surface area contributed by atoms with Gasteiger partial charge in [0.25, 0.3) is 0 Å². The Morgan fingerprint density at radius 1 is 1.11 bits per heavy atom. The quantitative estimate of drug-likeness (QED) is 0.742. The molecule has 138 valence electrons. The topological polar surface area (TPSA) is 45.2 Å². The van der Waals surface area contributed by atoms with Crippen molar-refractivity contribution in [2.24, 2.45) is 0 Å². The van der Waals surface area contributed by atoms with E-state index in [0.29, 0.717) is 12.6 Å². The highest BCUT2D eigenvalue weighted by molar-refractivity contribution is 5.82. The maximum Gasteiger partial charge on any atom is 0.217 e. The molecule has 1 saturated heterocycles. The van der Waals surface area contributed by atoms with Crippen LogP contribution in [0.15, 0.2) is 60.8 Å². The van der Waals surface area contributed by atoms with Crippen molar-refractivity contribution in [2.45, 2.75) is 38.9 Å². The van der Waals surface area contributed by atoms with Crippen LogP contribution >= 0.6 is 0 Å². The van der Waals surface area contributed by atoms with Gasteiger partial charge in [0.05, 0.1) is 11.7 Å². The van der Waals surface area contributed by atoms with Crippen molar-refractivity contribution in [1.29, 1.82) is 0 Å². The Balaban J connectivity index is 1.47. The number of carbonyl (C=O) groups excluding carboxylic acids is 1. The lowest BCUT2D eigenvalue weighted by Crippen LogP contribution is -2.23. The summed E-state index contributed by atoms with van der Waals surface area (Å²) in [6.07, 6.45) is 4.23. The summed E-state index contributed by atoms with van der Waals surface area (Å²) < 4.78 is 0. The molecule has 0 aliphatic carbocycles. The molecule has 1 aliphatic rings. The molecule has 2 aromatic carbocycles. The van der Waals surface area contributed by atoms with Crippen LogP contribution < -0.4 is 5.32 Å². The van der Waals surface area contributed by atoms with Crippen LogP contribution in [0.4, 0.5) is 0 Å². The van der Waals surface area contributed by atoms with Gasteiger partial charge in [-0.25, -0.2) is 0 Å². The fraction of sp³-hybridized carbons (Fsp3) is 0.304. The molecular weight excluding hydrogens is 334 g/mol. The first-order chi connectivity index (χ1) is 13.2. The number of fused-ring (bicyclic) bond motifs is 1. The molecule has 1 aromatic heterocycles. The van der Waals surface area contributed by atoms with Crippen molar-refractivity contribution in [3.05, 3.63) is 77.6 Å². The van der Waals surface area contributed by atoms with Gasteiger partial charge in [0.1, 0.15) is 0 Å². The smallest absolute Gasteiger partial charge is 0.217 e. The highest BCUT2D eigenvalue weighted by Crippen LogP contribution is 2.32. The number of benzene rings is 2. The van der Waals surface area contributed by atoms with E-state index < -0.39 is 0 Å². The Bertz CT molecular complexity index is 936. The molecule has 1 N–H and O–H groups in total.